The van der Waals surface area contributed by atoms with Crippen LogP contribution >= 0.6 is 23.4 Å². The lowest BCUT2D eigenvalue weighted by molar-refractivity contribution is 0.322. The van der Waals surface area contributed by atoms with Gasteiger partial charge < -0.3 is 9.84 Å². The second-order valence-electron chi connectivity index (χ2n) is 3.60. The Labute approximate surface area is 116 Å². The predicted octanol–water partition coefficient (Wildman–Crippen LogP) is 4.22. The molecule has 18 heavy (non-hydrogen) atoms. The summed E-state index contributed by atoms with van der Waals surface area (Å²) in [7, 11) is 0. The molecule has 0 aromatic heterocycles. The Hall–Kier alpha value is -1.16. The van der Waals surface area contributed by atoms with E-state index in [0.717, 1.165) is 16.4 Å². The molecule has 0 heterocycles. The van der Waals surface area contributed by atoms with Crippen molar-refractivity contribution in [3.05, 3.63) is 53.6 Å². The lowest BCUT2D eigenvalue weighted by atomic mass is 10.3. The number of ether oxygens (including phenoxy) is 1. The average molecular weight is 281 g/mol. The maximum atomic E-state index is 8.74. The van der Waals surface area contributed by atoms with Gasteiger partial charge in [-0.25, -0.2) is 0 Å². The SMILES string of the molecule is OCCSc1ccc(Oc2ccc(Cl)cc2)cc1. The molecule has 0 unspecified atom stereocenters. The maximum absolute atomic E-state index is 8.74. The van der Waals surface area contributed by atoms with Crippen LogP contribution in [0.2, 0.25) is 5.02 Å². The summed E-state index contributed by atoms with van der Waals surface area (Å²) in [5.41, 5.74) is 0. The van der Waals surface area contributed by atoms with Gasteiger partial charge >= 0.3 is 0 Å². The van der Waals surface area contributed by atoms with Crippen molar-refractivity contribution >= 4 is 23.4 Å². The van der Waals surface area contributed by atoms with Crippen molar-refractivity contribution in [1.29, 1.82) is 0 Å². The van der Waals surface area contributed by atoms with Crippen LogP contribution in [0.3, 0.4) is 0 Å². The first-order chi connectivity index (χ1) is 8.78. The van der Waals surface area contributed by atoms with E-state index in [1.165, 1.54) is 0 Å². The number of hydrogen-bond acceptors (Lipinski definition) is 3. The van der Waals surface area contributed by atoms with Crippen LogP contribution in [0.4, 0.5) is 0 Å². The number of hydrogen-bond donors (Lipinski definition) is 1. The minimum absolute atomic E-state index is 0.188. The van der Waals surface area contributed by atoms with Crippen molar-refractivity contribution in [2.75, 3.05) is 12.4 Å². The number of benzene rings is 2. The van der Waals surface area contributed by atoms with Gasteiger partial charge in [0.05, 0.1) is 6.61 Å². The molecule has 2 aromatic carbocycles. The van der Waals surface area contributed by atoms with Gasteiger partial charge in [-0.2, -0.15) is 0 Å². The van der Waals surface area contributed by atoms with Crippen LogP contribution < -0.4 is 4.74 Å². The average Bonchev–Trinajstić information content (AvgIpc) is 2.41. The molecule has 0 amide bonds. The van der Waals surface area contributed by atoms with E-state index in [4.69, 9.17) is 21.4 Å². The van der Waals surface area contributed by atoms with Crippen LogP contribution in [0.15, 0.2) is 53.4 Å². The highest BCUT2D eigenvalue weighted by Crippen LogP contribution is 2.25. The van der Waals surface area contributed by atoms with Crippen LogP contribution in [-0.4, -0.2) is 17.5 Å². The molecule has 0 saturated carbocycles. The number of rotatable bonds is 5. The van der Waals surface area contributed by atoms with Crippen molar-refractivity contribution in [3.8, 4) is 11.5 Å². The van der Waals surface area contributed by atoms with Gasteiger partial charge in [0, 0.05) is 15.7 Å². The van der Waals surface area contributed by atoms with Crippen molar-refractivity contribution in [2.24, 2.45) is 0 Å². The van der Waals surface area contributed by atoms with E-state index in [9.17, 15) is 0 Å². The lowest BCUT2D eigenvalue weighted by Gasteiger charge is -2.06. The first kappa shape index (κ1) is 13.3. The highest BCUT2D eigenvalue weighted by atomic mass is 35.5. The van der Waals surface area contributed by atoms with Crippen LogP contribution in [0.5, 0.6) is 11.5 Å². The molecule has 0 aliphatic rings. The van der Waals surface area contributed by atoms with E-state index in [2.05, 4.69) is 0 Å². The summed E-state index contributed by atoms with van der Waals surface area (Å²) < 4.78 is 5.68. The molecule has 0 aliphatic heterocycles. The van der Waals surface area contributed by atoms with Gasteiger partial charge in [0.2, 0.25) is 0 Å². The van der Waals surface area contributed by atoms with Crippen molar-refractivity contribution in [1.82, 2.24) is 0 Å². The Morgan fingerprint density at radius 1 is 0.944 bits per heavy atom. The minimum Gasteiger partial charge on any atom is -0.457 e. The Bertz CT molecular complexity index is 482. The van der Waals surface area contributed by atoms with Crippen LogP contribution in [0, 0.1) is 0 Å². The second-order valence-corrected chi connectivity index (χ2v) is 5.20. The fraction of sp³-hybridized carbons (Fsp3) is 0.143. The lowest BCUT2D eigenvalue weighted by Crippen LogP contribution is -1.86. The normalized spacial score (nSPS) is 10.3. The molecule has 0 fully saturated rings. The van der Waals surface area contributed by atoms with Gasteiger partial charge in [-0.05, 0) is 48.5 Å². The van der Waals surface area contributed by atoms with Crippen molar-refractivity contribution in [2.45, 2.75) is 4.90 Å². The Kier molecular flexibility index (Phi) is 4.93. The summed E-state index contributed by atoms with van der Waals surface area (Å²) in [5.74, 6) is 2.25. The van der Waals surface area contributed by atoms with Gasteiger partial charge in [0.15, 0.2) is 0 Å². The molecule has 4 heteroatoms. The molecule has 2 nitrogen and oxygen atoms in total. The summed E-state index contributed by atoms with van der Waals surface area (Å²) in [6, 6.07) is 15.0. The predicted molar refractivity (Wildman–Crippen MR) is 75.8 cm³/mol. The molecule has 2 rings (SSSR count). The van der Waals surface area contributed by atoms with E-state index >= 15 is 0 Å². The standard InChI is InChI=1S/C14H13ClO2S/c15-11-1-3-12(4-2-11)17-13-5-7-14(8-6-13)18-10-9-16/h1-8,16H,9-10H2. The maximum Gasteiger partial charge on any atom is 0.127 e. The first-order valence-electron chi connectivity index (χ1n) is 5.55. The van der Waals surface area contributed by atoms with E-state index in [0.29, 0.717) is 10.8 Å². The van der Waals surface area contributed by atoms with E-state index in [-0.39, 0.29) is 6.61 Å². The summed E-state index contributed by atoms with van der Waals surface area (Å²) >= 11 is 7.42. The second kappa shape index (κ2) is 6.69. The molecule has 0 aliphatic carbocycles. The zero-order valence-electron chi connectivity index (χ0n) is 9.67. The minimum atomic E-state index is 0.188. The molecular formula is C14H13ClO2S. The molecule has 0 spiro atoms. The topological polar surface area (TPSA) is 29.5 Å². The highest BCUT2D eigenvalue weighted by Gasteiger charge is 1.98. The van der Waals surface area contributed by atoms with Gasteiger partial charge in [-0.3, -0.25) is 0 Å². The number of halogens is 1. The van der Waals surface area contributed by atoms with E-state index < -0.39 is 0 Å². The molecule has 1 N–H and O–H groups in total. The Morgan fingerprint density at radius 2 is 1.50 bits per heavy atom. The monoisotopic (exact) mass is 280 g/mol. The largest absolute Gasteiger partial charge is 0.457 e. The fourth-order valence-corrected chi connectivity index (χ4v) is 2.19. The highest BCUT2D eigenvalue weighted by molar-refractivity contribution is 7.99. The fourth-order valence-electron chi connectivity index (χ4n) is 1.41. The summed E-state index contributed by atoms with van der Waals surface area (Å²) in [6.07, 6.45) is 0. The molecule has 0 saturated heterocycles. The zero-order valence-corrected chi connectivity index (χ0v) is 11.2. The van der Waals surface area contributed by atoms with Gasteiger partial charge in [-0.1, -0.05) is 11.6 Å². The van der Waals surface area contributed by atoms with Gasteiger partial charge in [0.25, 0.3) is 0 Å². The van der Waals surface area contributed by atoms with E-state index in [1.54, 1.807) is 23.9 Å². The van der Waals surface area contributed by atoms with Crippen molar-refractivity contribution in [3.63, 3.8) is 0 Å². The molecule has 0 bridgehead atoms. The molecule has 0 atom stereocenters. The quantitative estimate of drug-likeness (QED) is 0.832. The summed E-state index contributed by atoms with van der Waals surface area (Å²) in [5, 5.41) is 9.44. The Morgan fingerprint density at radius 3 is 2.06 bits per heavy atom. The number of thioether (sulfide) groups is 1. The van der Waals surface area contributed by atoms with Gasteiger partial charge in [0.1, 0.15) is 11.5 Å². The third kappa shape index (κ3) is 3.95. The molecule has 94 valence electrons. The Balaban J connectivity index is 1.99. The number of aliphatic hydroxyl groups excluding tert-OH is 1. The van der Waals surface area contributed by atoms with Crippen LogP contribution in [-0.2, 0) is 0 Å². The molecule has 0 radical (unpaired) electrons. The van der Waals surface area contributed by atoms with Crippen molar-refractivity contribution < 1.29 is 9.84 Å². The zero-order chi connectivity index (χ0) is 12.8. The van der Waals surface area contributed by atoms with Gasteiger partial charge in [-0.15, -0.1) is 11.8 Å². The summed E-state index contributed by atoms with van der Waals surface area (Å²) in [4.78, 5) is 1.12. The number of aliphatic hydroxyl groups is 1. The smallest absolute Gasteiger partial charge is 0.127 e. The van der Waals surface area contributed by atoms with Crippen LogP contribution in [0.25, 0.3) is 0 Å². The third-order valence-corrected chi connectivity index (χ3v) is 3.48. The first-order valence-corrected chi connectivity index (χ1v) is 6.91. The summed E-state index contributed by atoms with van der Waals surface area (Å²) in [6.45, 7) is 0.188. The molecular weight excluding hydrogens is 268 g/mol. The van der Waals surface area contributed by atoms with Crippen LogP contribution in [0.1, 0.15) is 0 Å². The third-order valence-electron chi connectivity index (χ3n) is 2.23. The molecule has 2 aromatic rings. The van der Waals surface area contributed by atoms with E-state index in [1.807, 2.05) is 36.4 Å².